The van der Waals surface area contributed by atoms with Crippen molar-refractivity contribution in [1.82, 2.24) is 19.9 Å². The molecule has 0 aliphatic heterocycles. The Morgan fingerprint density at radius 1 is 1.38 bits per heavy atom. The van der Waals surface area contributed by atoms with Crippen LogP contribution in [0.3, 0.4) is 0 Å². The van der Waals surface area contributed by atoms with Crippen molar-refractivity contribution < 1.29 is 4.92 Å². The molecule has 2 N–H and O–H groups in total. The Morgan fingerprint density at radius 3 is 3.00 bits per heavy atom. The summed E-state index contributed by atoms with van der Waals surface area (Å²) in [6, 6.07) is 6.40. The molecule has 2 heterocycles. The second kappa shape index (κ2) is 5.37. The second-order valence-electron chi connectivity index (χ2n) is 4.19. The van der Waals surface area contributed by atoms with Gasteiger partial charge in [-0.3, -0.25) is 14.9 Å². The fourth-order valence-electron chi connectivity index (χ4n) is 1.80. The van der Waals surface area contributed by atoms with E-state index in [1.54, 1.807) is 12.1 Å². The van der Waals surface area contributed by atoms with Crippen LogP contribution in [0.5, 0.6) is 0 Å². The summed E-state index contributed by atoms with van der Waals surface area (Å²) in [4.78, 5) is 35.3. The maximum atomic E-state index is 11.5. The van der Waals surface area contributed by atoms with Crippen LogP contribution in [0.2, 0.25) is 0 Å². The predicted molar refractivity (Wildman–Crippen MR) is 77.2 cm³/mol. The van der Waals surface area contributed by atoms with E-state index < -0.39 is 4.92 Å². The third kappa shape index (κ3) is 2.77. The van der Waals surface area contributed by atoms with Crippen LogP contribution in [-0.4, -0.2) is 24.9 Å². The van der Waals surface area contributed by atoms with Crippen molar-refractivity contribution in [2.24, 2.45) is 0 Å². The maximum Gasteiger partial charge on any atom is 0.276 e. The van der Waals surface area contributed by atoms with Gasteiger partial charge in [0.2, 0.25) is 0 Å². The number of hydrogen-bond acceptors (Lipinski definition) is 6. The number of nitrogens with one attached hydrogen (secondary N) is 2. The van der Waals surface area contributed by atoms with Crippen molar-refractivity contribution in [3.05, 3.63) is 56.6 Å². The lowest BCUT2D eigenvalue weighted by Gasteiger charge is -1.99. The van der Waals surface area contributed by atoms with E-state index in [2.05, 4.69) is 19.9 Å². The first-order chi connectivity index (χ1) is 10.1. The molecule has 0 aliphatic rings. The van der Waals surface area contributed by atoms with Gasteiger partial charge in [-0.15, -0.1) is 0 Å². The number of H-pyrrole nitrogens is 2. The monoisotopic (exact) mass is 303 g/mol. The Labute approximate surface area is 121 Å². The van der Waals surface area contributed by atoms with Crippen LogP contribution in [0.15, 0.2) is 40.5 Å². The first kappa shape index (κ1) is 13.3. The number of fused-ring (bicyclic) bond motifs is 1. The summed E-state index contributed by atoms with van der Waals surface area (Å²) < 4.78 is 0. The number of rotatable bonds is 4. The van der Waals surface area contributed by atoms with Gasteiger partial charge in [0.15, 0.2) is 16.3 Å². The fraction of sp³-hybridized carbons (Fsp3) is 0.0833. The molecule has 0 fully saturated rings. The highest BCUT2D eigenvalue weighted by atomic mass is 32.2. The molecule has 8 nitrogen and oxygen atoms in total. The number of benzene rings is 1. The first-order valence-electron chi connectivity index (χ1n) is 5.93. The molecule has 9 heteroatoms. The van der Waals surface area contributed by atoms with Crippen molar-refractivity contribution in [3.63, 3.8) is 0 Å². The Kier molecular flexibility index (Phi) is 3.40. The topological polar surface area (TPSA) is 118 Å². The average Bonchev–Trinajstić information content (AvgIpc) is 2.90. The lowest BCUT2D eigenvalue weighted by molar-refractivity contribution is -0.384. The lowest BCUT2D eigenvalue weighted by Crippen LogP contribution is -2.05. The Hall–Kier alpha value is -2.68. The van der Waals surface area contributed by atoms with Crippen LogP contribution >= 0.6 is 11.8 Å². The third-order valence-corrected chi connectivity index (χ3v) is 3.71. The number of nitrogens with zero attached hydrogens (tertiary/aromatic N) is 3. The van der Waals surface area contributed by atoms with Gasteiger partial charge >= 0.3 is 0 Å². The molecule has 106 valence electrons. The zero-order valence-corrected chi connectivity index (χ0v) is 11.4. The summed E-state index contributed by atoms with van der Waals surface area (Å²) in [6.07, 6.45) is 1.29. The highest BCUT2D eigenvalue weighted by Gasteiger charge is 2.09. The van der Waals surface area contributed by atoms with Crippen molar-refractivity contribution in [3.8, 4) is 0 Å². The van der Waals surface area contributed by atoms with Crippen LogP contribution in [0, 0.1) is 10.1 Å². The van der Waals surface area contributed by atoms with Gasteiger partial charge in [0.25, 0.3) is 11.2 Å². The Balaban J connectivity index is 1.80. The highest BCUT2D eigenvalue weighted by Crippen LogP contribution is 2.23. The molecular formula is C12H9N5O3S. The van der Waals surface area contributed by atoms with Gasteiger partial charge in [0.1, 0.15) is 0 Å². The minimum atomic E-state index is -0.432. The molecule has 0 bridgehead atoms. The molecule has 0 unspecified atom stereocenters. The van der Waals surface area contributed by atoms with Gasteiger partial charge in [-0.2, -0.15) is 0 Å². The number of aromatic amines is 2. The standard InChI is InChI=1S/C12H9N5O3S/c18-11-9-10(13-6-14-11)16-12(15-9)21-5-7-2-1-3-8(4-7)17(19)20/h1-4,6H,5H2,(H2,13,14,15,16,18). The van der Waals surface area contributed by atoms with Crippen molar-refractivity contribution in [1.29, 1.82) is 0 Å². The Morgan fingerprint density at radius 2 is 2.24 bits per heavy atom. The number of nitro groups is 1. The van der Waals surface area contributed by atoms with Crippen LogP contribution in [0.25, 0.3) is 11.2 Å². The normalized spacial score (nSPS) is 10.9. The number of non-ortho nitro benzene ring substituents is 1. The summed E-state index contributed by atoms with van der Waals surface area (Å²) in [5, 5.41) is 11.3. The lowest BCUT2D eigenvalue weighted by atomic mass is 10.2. The summed E-state index contributed by atoms with van der Waals surface area (Å²) in [5.41, 5.74) is 1.24. The van der Waals surface area contributed by atoms with Crippen LogP contribution in [-0.2, 0) is 5.75 Å². The van der Waals surface area contributed by atoms with Gasteiger partial charge in [-0.05, 0) is 5.56 Å². The van der Waals surface area contributed by atoms with Gasteiger partial charge in [0, 0.05) is 17.9 Å². The molecule has 0 radical (unpaired) electrons. The van der Waals surface area contributed by atoms with Gasteiger partial charge < -0.3 is 9.97 Å². The molecule has 21 heavy (non-hydrogen) atoms. The van der Waals surface area contributed by atoms with Gasteiger partial charge in [-0.1, -0.05) is 23.9 Å². The molecule has 0 spiro atoms. The number of imidazole rings is 1. The van der Waals surface area contributed by atoms with E-state index >= 15 is 0 Å². The molecule has 3 aromatic rings. The van der Waals surface area contributed by atoms with Crippen LogP contribution in [0.4, 0.5) is 5.69 Å². The molecule has 0 aliphatic carbocycles. The van der Waals surface area contributed by atoms with Crippen LogP contribution in [0.1, 0.15) is 5.56 Å². The Bertz CT molecular complexity index is 872. The SMILES string of the molecule is O=c1[nH]cnc2nc(SCc3cccc([N+](=O)[O-])c3)[nH]c12. The van der Waals surface area contributed by atoms with Crippen molar-refractivity contribution >= 4 is 28.6 Å². The van der Waals surface area contributed by atoms with E-state index in [-0.39, 0.29) is 11.2 Å². The molecule has 0 amide bonds. The third-order valence-electron chi connectivity index (χ3n) is 2.77. The van der Waals surface area contributed by atoms with E-state index in [9.17, 15) is 14.9 Å². The number of nitro benzene ring substituents is 1. The van der Waals surface area contributed by atoms with E-state index in [1.807, 2.05) is 0 Å². The van der Waals surface area contributed by atoms with E-state index in [0.29, 0.717) is 22.1 Å². The highest BCUT2D eigenvalue weighted by molar-refractivity contribution is 7.98. The van der Waals surface area contributed by atoms with Crippen molar-refractivity contribution in [2.75, 3.05) is 0 Å². The van der Waals surface area contributed by atoms with Gasteiger partial charge in [-0.25, -0.2) is 9.97 Å². The maximum absolute atomic E-state index is 11.5. The second-order valence-corrected chi connectivity index (χ2v) is 5.15. The summed E-state index contributed by atoms with van der Waals surface area (Å²) in [6.45, 7) is 0. The van der Waals surface area contributed by atoms with E-state index in [1.165, 1.54) is 30.2 Å². The first-order valence-corrected chi connectivity index (χ1v) is 6.91. The zero-order valence-electron chi connectivity index (χ0n) is 10.6. The molecule has 1 aromatic carbocycles. The minimum absolute atomic E-state index is 0.0517. The number of hydrogen-bond donors (Lipinski definition) is 2. The molecule has 3 rings (SSSR count). The molecule has 0 saturated carbocycles. The fourth-order valence-corrected chi connectivity index (χ4v) is 2.61. The summed E-state index contributed by atoms with van der Waals surface area (Å²) in [7, 11) is 0. The molecule has 0 saturated heterocycles. The quantitative estimate of drug-likeness (QED) is 0.431. The minimum Gasteiger partial charge on any atom is -0.327 e. The predicted octanol–water partition coefficient (Wildman–Crippen LogP) is 1.85. The van der Waals surface area contributed by atoms with E-state index in [4.69, 9.17) is 0 Å². The molecular weight excluding hydrogens is 294 g/mol. The zero-order chi connectivity index (χ0) is 14.8. The van der Waals surface area contributed by atoms with Crippen LogP contribution < -0.4 is 5.56 Å². The summed E-state index contributed by atoms with van der Waals surface area (Å²) in [5.74, 6) is 0.499. The molecule has 2 aromatic heterocycles. The summed E-state index contributed by atoms with van der Waals surface area (Å²) >= 11 is 1.35. The molecule has 0 atom stereocenters. The van der Waals surface area contributed by atoms with E-state index in [0.717, 1.165) is 5.56 Å². The number of thioether (sulfide) groups is 1. The number of aromatic nitrogens is 4. The van der Waals surface area contributed by atoms with Crippen molar-refractivity contribution in [2.45, 2.75) is 10.9 Å². The van der Waals surface area contributed by atoms with Gasteiger partial charge in [0.05, 0.1) is 11.3 Å². The smallest absolute Gasteiger partial charge is 0.276 e. The average molecular weight is 303 g/mol. The largest absolute Gasteiger partial charge is 0.327 e.